The van der Waals surface area contributed by atoms with Crippen molar-refractivity contribution in [2.24, 2.45) is 0 Å². The van der Waals surface area contributed by atoms with Crippen LogP contribution in [0.3, 0.4) is 0 Å². The molecule has 0 spiro atoms. The van der Waals surface area contributed by atoms with Crippen LogP contribution in [0.2, 0.25) is 0 Å². The first-order chi connectivity index (χ1) is 9.32. The number of halogens is 3. The zero-order chi connectivity index (χ0) is 14.9. The van der Waals surface area contributed by atoms with Gasteiger partial charge in [0.25, 0.3) is 5.91 Å². The number of carbonyl (C=O) groups excluding carboxylic acids is 1. The van der Waals surface area contributed by atoms with Crippen LogP contribution < -0.4 is 10.8 Å². The van der Waals surface area contributed by atoms with Gasteiger partial charge in [0.1, 0.15) is 6.04 Å². The average molecular weight is 287 g/mol. The van der Waals surface area contributed by atoms with E-state index >= 15 is 0 Å². The minimum absolute atomic E-state index is 0.0657. The van der Waals surface area contributed by atoms with Crippen LogP contribution in [0, 0.1) is 0 Å². The molecule has 1 atom stereocenters. The van der Waals surface area contributed by atoms with Crippen molar-refractivity contribution >= 4 is 18.5 Å². The summed E-state index contributed by atoms with van der Waals surface area (Å²) in [6.45, 7) is 1.57. The monoisotopic (exact) mass is 287 g/mol. The van der Waals surface area contributed by atoms with E-state index in [0.29, 0.717) is 5.46 Å². The van der Waals surface area contributed by atoms with Crippen molar-refractivity contribution in [3.05, 3.63) is 29.3 Å². The highest BCUT2D eigenvalue weighted by atomic mass is 19.4. The van der Waals surface area contributed by atoms with Crippen LogP contribution in [0.25, 0.3) is 0 Å². The Balaban J connectivity index is 2.16. The molecule has 108 valence electrons. The molecule has 1 aromatic rings. The summed E-state index contributed by atoms with van der Waals surface area (Å²) in [4.78, 5) is 11.8. The molecule has 1 aliphatic heterocycles. The second-order valence-corrected chi connectivity index (χ2v) is 4.55. The molecule has 20 heavy (non-hydrogen) atoms. The number of hydrogen-bond donors (Lipinski definition) is 2. The largest absolute Gasteiger partial charge is 0.491 e. The topological polar surface area (TPSA) is 58.6 Å². The van der Waals surface area contributed by atoms with E-state index in [4.69, 9.17) is 4.65 Å². The lowest BCUT2D eigenvalue weighted by Crippen LogP contribution is -2.45. The van der Waals surface area contributed by atoms with E-state index in [-0.39, 0.29) is 18.6 Å². The molecule has 1 aliphatic rings. The van der Waals surface area contributed by atoms with Crippen LogP contribution in [-0.4, -0.2) is 30.3 Å². The maximum atomic E-state index is 12.6. The molecular weight excluding hydrogens is 274 g/mol. The lowest BCUT2D eigenvalue weighted by atomic mass is 9.79. The summed E-state index contributed by atoms with van der Waals surface area (Å²) in [7, 11) is -1.14. The van der Waals surface area contributed by atoms with Crippen molar-refractivity contribution in [2.75, 3.05) is 0 Å². The number of carbonyl (C=O) groups is 1. The van der Waals surface area contributed by atoms with E-state index in [1.54, 1.807) is 6.07 Å². The van der Waals surface area contributed by atoms with E-state index < -0.39 is 25.2 Å². The number of fused-ring (bicyclic) bond motifs is 1. The Morgan fingerprint density at radius 3 is 2.85 bits per heavy atom. The third kappa shape index (κ3) is 2.96. The summed E-state index contributed by atoms with van der Waals surface area (Å²) in [5.74, 6) is -0.823. The van der Waals surface area contributed by atoms with Gasteiger partial charge in [0, 0.05) is 5.56 Å². The molecule has 2 rings (SSSR count). The van der Waals surface area contributed by atoms with Crippen LogP contribution in [0.4, 0.5) is 13.2 Å². The van der Waals surface area contributed by atoms with Crippen molar-refractivity contribution < 1.29 is 27.6 Å². The molecule has 0 unspecified atom stereocenters. The van der Waals surface area contributed by atoms with Crippen LogP contribution in [-0.2, 0) is 11.3 Å². The highest BCUT2D eigenvalue weighted by Gasteiger charge is 2.39. The second kappa shape index (κ2) is 5.45. The average Bonchev–Trinajstić information content (AvgIpc) is 2.75. The van der Waals surface area contributed by atoms with Crippen LogP contribution in [0.1, 0.15) is 29.3 Å². The molecule has 0 aromatic heterocycles. The zero-order valence-electron chi connectivity index (χ0n) is 10.7. The number of benzene rings is 1. The minimum Gasteiger partial charge on any atom is -0.423 e. The first-order valence-electron chi connectivity index (χ1n) is 6.13. The fraction of sp³-hybridized carbons (Fsp3) is 0.417. The first kappa shape index (κ1) is 14.9. The number of hydrogen-bond acceptors (Lipinski definition) is 3. The van der Waals surface area contributed by atoms with Gasteiger partial charge in [-0.05, 0) is 29.6 Å². The molecule has 0 fully saturated rings. The van der Waals surface area contributed by atoms with Crippen LogP contribution >= 0.6 is 0 Å². The Kier molecular flexibility index (Phi) is 4.05. The Morgan fingerprint density at radius 1 is 1.55 bits per heavy atom. The van der Waals surface area contributed by atoms with Crippen LogP contribution in [0.15, 0.2) is 18.2 Å². The summed E-state index contributed by atoms with van der Waals surface area (Å²) in [6.07, 6.45) is -4.73. The molecule has 8 heteroatoms. The summed E-state index contributed by atoms with van der Waals surface area (Å²) >= 11 is 0. The lowest BCUT2D eigenvalue weighted by Gasteiger charge is -2.20. The number of alkyl halides is 3. The van der Waals surface area contributed by atoms with Crippen molar-refractivity contribution in [3.8, 4) is 0 Å². The predicted molar refractivity (Wildman–Crippen MR) is 66.4 cm³/mol. The molecule has 1 aromatic carbocycles. The summed E-state index contributed by atoms with van der Waals surface area (Å²) < 4.78 is 42.8. The van der Waals surface area contributed by atoms with Gasteiger partial charge in [-0.1, -0.05) is 13.0 Å². The van der Waals surface area contributed by atoms with Crippen molar-refractivity contribution in [2.45, 2.75) is 32.2 Å². The third-order valence-electron chi connectivity index (χ3n) is 3.18. The van der Waals surface area contributed by atoms with Gasteiger partial charge in [-0.15, -0.1) is 0 Å². The summed E-state index contributed by atoms with van der Waals surface area (Å²) in [6, 6.07) is 2.45. The molecule has 0 aliphatic carbocycles. The Hall–Kier alpha value is -1.54. The van der Waals surface area contributed by atoms with E-state index in [2.05, 4.69) is 0 Å². The van der Waals surface area contributed by atoms with Gasteiger partial charge in [0.2, 0.25) is 0 Å². The predicted octanol–water partition coefficient (Wildman–Crippen LogP) is 0.975. The Labute approximate surface area is 114 Å². The van der Waals surface area contributed by atoms with E-state index in [9.17, 15) is 23.0 Å². The van der Waals surface area contributed by atoms with E-state index in [0.717, 1.165) is 5.56 Å². The summed E-state index contributed by atoms with van der Waals surface area (Å²) in [5, 5.41) is 11.5. The molecule has 2 N–H and O–H groups in total. The lowest BCUT2D eigenvalue weighted by molar-refractivity contribution is -0.153. The molecular formula is C12H13BF3NO3. The second-order valence-electron chi connectivity index (χ2n) is 4.55. The Morgan fingerprint density at radius 2 is 2.25 bits per heavy atom. The highest BCUT2D eigenvalue weighted by molar-refractivity contribution is 6.61. The minimum atomic E-state index is -4.48. The van der Waals surface area contributed by atoms with Crippen molar-refractivity contribution in [1.29, 1.82) is 0 Å². The first-order valence-corrected chi connectivity index (χ1v) is 6.13. The molecule has 0 saturated carbocycles. The van der Waals surface area contributed by atoms with Crippen molar-refractivity contribution in [3.63, 3.8) is 0 Å². The third-order valence-corrected chi connectivity index (χ3v) is 3.18. The molecule has 1 amide bonds. The molecule has 0 bridgehead atoms. The molecule has 0 radical (unpaired) electrons. The van der Waals surface area contributed by atoms with Crippen molar-refractivity contribution in [1.82, 2.24) is 5.32 Å². The van der Waals surface area contributed by atoms with Gasteiger partial charge in [0.05, 0.1) is 6.61 Å². The van der Waals surface area contributed by atoms with Gasteiger partial charge in [0.15, 0.2) is 0 Å². The number of amides is 1. The highest BCUT2D eigenvalue weighted by Crippen LogP contribution is 2.22. The number of rotatable bonds is 3. The zero-order valence-corrected chi connectivity index (χ0v) is 10.7. The maximum absolute atomic E-state index is 12.6. The van der Waals surface area contributed by atoms with E-state index in [1.807, 2.05) is 5.32 Å². The van der Waals surface area contributed by atoms with E-state index in [1.165, 1.54) is 19.1 Å². The Bertz CT molecular complexity index is 521. The maximum Gasteiger partial charge on any atom is 0.491 e. The van der Waals surface area contributed by atoms with Crippen LogP contribution in [0.5, 0.6) is 0 Å². The molecule has 4 nitrogen and oxygen atoms in total. The van der Waals surface area contributed by atoms with Gasteiger partial charge in [-0.2, -0.15) is 13.2 Å². The number of nitrogens with one attached hydrogen (secondary N) is 1. The molecule has 1 heterocycles. The fourth-order valence-corrected chi connectivity index (χ4v) is 2.01. The van der Waals surface area contributed by atoms with Gasteiger partial charge in [-0.3, -0.25) is 4.79 Å². The van der Waals surface area contributed by atoms with Gasteiger partial charge < -0.3 is 15.0 Å². The smallest absolute Gasteiger partial charge is 0.423 e. The standard InChI is InChI=1S/C12H13BF3NO3/c1-2-10(12(14,15)16)17-11(18)7-3-4-8-6-20-13(19)9(8)5-7/h3-5,10,19H,2,6H2,1H3,(H,17,18)/t10-/m0/s1. The summed E-state index contributed by atoms with van der Waals surface area (Å²) in [5.41, 5.74) is 1.20. The van der Waals surface area contributed by atoms with Gasteiger partial charge in [-0.25, -0.2) is 0 Å². The van der Waals surface area contributed by atoms with Gasteiger partial charge >= 0.3 is 13.3 Å². The quantitative estimate of drug-likeness (QED) is 0.815. The normalized spacial score (nSPS) is 15.9. The fourth-order valence-electron chi connectivity index (χ4n) is 2.01. The SMILES string of the molecule is CC[C@H](NC(=O)c1ccc2c(c1)B(O)OC2)C(F)(F)F. The molecule has 0 saturated heterocycles.